The van der Waals surface area contributed by atoms with E-state index in [0.717, 1.165) is 0 Å². The summed E-state index contributed by atoms with van der Waals surface area (Å²) in [5, 5.41) is 0. The summed E-state index contributed by atoms with van der Waals surface area (Å²) < 4.78 is 27.7. The predicted octanol–water partition coefficient (Wildman–Crippen LogP) is -0.281. The van der Waals surface area contributed by atoms with Gasteiger partial charge in [0.1, 0.15) is 0 Å². The number of piperazine rings is 1. The Morgan fingerprint density at radius 2 is 1.78 bits per heavy atom. The summed E-state index contributed by atoms with van der Waals surface area (Å²) in [4.78, 5) is 27.4. The normalized spacial score (nSPS) is 16.7. The minimum atomic E-state index is -3.46. The minimum absolute atomic E-state index is 0.207. The number of pyridine rings is 1. The highest BCUT2D eigenvalue weighted by atomic mass is 32.2. The van der Waals surface area contributed by atoms with Crippen molar-refractivity contribution in [2.24, 2.45) is 0 Å². The first-order valence-corrected chi connectivity index (χ1v) is 9.03. The van der Waals surface area contributed by atoms with Gasteiger partial charge in [0.05, 0.1) is 5.56 Å². The Hall–Kier alpha value is -1.71. The first-order valence-electron chi connectivity index (χ1n) is 7.63. The van der Waals surface area contributed by atoms with Crippen LogP contribution in [-0.2, 0) is 10.2 Å². The predicted molar refractivity (Wildman–Crippen MR) is 86.4 cm³/mol. The van der Waals surface area contributed by atoms with Crippen molar-refractivity contribution in [3.05, 3.63) is 34.2 Å². The molecule has 0 radical (unpaired) electrons. The SMILES string of the molecule is CCN(CC)S(=O)(=O)N1CCN(C(=O)c2ccc(=O)[nH]c2)CC1. The highest BCUT2D eigenvalue weighted by Gasteiger charge is 2.32. The second kappa shape index (κ2) is 7.24. The fourth-order valence-corrected chi connectivity index (χ4v) is 4.17. The molecule has 0 unspecified atom stereocenters. The average Bonchev–Trinajstić information content (AvgIpc) is 2.56. The number of hydrogen-bond acceptors (Lipinski definition) is 4. The van der Waals surface area contributed by atoms with E-state index in [1.165, 1.54) is 26.9 Å². The van der Waals surface area contributed by atoms with Crippen molar-refractivity contribution in [2.45, 2.75) is 13.8 Å². The van der Waals surface area contributed by atoms with Gasteiger partial charge in [0.25, 0.3) is 16.1 Å². The molecule has 23 heavy (non-hydrogen) atoms. The summed E-state index contributed by atoms with van der Waals surface area (Å²) >= 11 is 0. The van der Waals surface area contributed by atoms with Crippen LogP contribution in [0.2, 0.25) is 0 Å². The van der Waals surface area contributed by atoms with Crippen LogP contribution in [0, 0.1) is 0 Å². The van der Waals surface area contributed by atoms with Gasteiger partial charge in [-0.2, -0.15) is 17.0 Å². The van der Waals surface area contributed by atoms with E-state index in [9.17, 15) is 18.0 Å². The minimum Gasteiger partial charge on any atom is -0.336 e. The van der Waals surface area contributed by atoms with Crippen molar-refractivity contribution in [1.29, 1.82) is 0 Å². The molecule has 1 aromatic rings. The van der Waals surface area contributed by atoms with E-state index in [1.54, 1.807) is 18.7 Å². The van der Waals surface area contributed by atoms with Crippen LogP contribution in [0.5, 0.6) is 0 Å². The Balaban J connectivity index is 2.02. The molecule has 1 aliphatic heterocycles. The lowest BCUT2D eigenvalue weighted by Crippen LogP contribution is -2.54. The molecule has 0 bridgehead atoms. The molecule has 0 atom stereocenters. The van der Waals surface area contributed by atoms with Gasteiger partial charge in [-0.05, 0) is 6.07 Å². The summed E-state index contributed by atoms with van der Waals surface area (Å²) in [6.07, 6.45) is 1.38. The molecule has 1 aliphatic rings. The Morgan fingerprint density at radius 3 is 2.26 bits per heavy atom. The molecular weight excluding hydrogens is 320 g/mol. The zero-order chi connectivity index (χ0) is 17.0. The third kappa shape index (κ3) is 3.80. The smallest absolute Gasteiger partial charge is 0.282 e. The van der Waals surface area contributed by atoms with Gasteiger partial charge in [0.2, 0.25) is 5.56 Å². The maximum absolute atomic E-state index is 12.4. The number of carbonyl (C=O) groups excluding carboxylic acids is 1. The summed E-state index contributed by atoms with van der Waals surface area (Å²) in [7, 11) is -3.46. The summed E-state index contributed by atoms with van der Waals surface area (Å²) in [5.41, 5.74) is 0.126. The van der Waals surface area contributed by atoms with Crippen molar-refractivity contribution in [3.63, 3.8) is 0 Å². The molecular formula is C14H22N4O4S. The monoisotopic (exact) mass is 342 g/mol. The number of nitrogens with zero attached hydrogens (tertiary/aromatic N) is 3. The van der Waals surface area contributed by atoms with Gasteiger partial charge in [-0.25, -0.2) is 0 Å². The molecule has 8 nitrogen and oxygen atoms in total. The van der Waals surface area contributed by atoms with Crippen LogP contribution in [0.1, 0.15) is 24.2 Å². The quantitative estimate of drug-likeness (QED) is 0.796. The Kier molecular flexibility index (Phi) is 5.55. The summed E-state index contributed by atoms with van der Waals surface area (Å²) in [6, 6.07) is 2.77. The molecule has 128 valence electrons. The van der Waals surface area contributed by atoms with Crippen molar-refractivity contribution >= 4 is 16.1 Å². The van der Waals surface area contributed by atoms with Gasteiger partial charge in [-0.3, -0.25) is 9.59 Å². The number of amides is 1. The fourth-order valence-electron chi connectivity index (χ4n) is 2.56. The number of nitrogens with one attached hydrogen (secondary N) is 1. The molecule has 0 aliphatic carbocycles. The number of hydrogen-bond donors (Lipinski definition) is 1. The van der Waals surface area contributed by atoms with Gasteiger partial charge in [0.15, 0.2) is 0 Å². The van der Waals surface area contributed by atoms with E-state index < -0.39 is 10.2 Å². The molecule has 1 amide bonds. The van der Waals surface area contributed by atoms with E-state index in [-0.39, 0.29) is 24.6 Å². The van der Waals surface area contributed by atoms with Crippen LogP contribution < -0.4 is 5.56 Å². The topological polar surface area (TPSA) is 93.8 Å². The zero-order valence-electron chi connectivity index (χ0n) is 13.4. The first kappa shape index (κ1) is 17.6. The zero-order valence-corrected chi connectivity index (χ0v) is 14.2. The summed E-state index contributed by atoms with van der Waals surface area (Å²) in [5.74, 6) is -0.207. The maximum atomic E-state index is 12.4. The first-order chi connectivity index (χ1) is 10.9. The molecule has 0 spiro atoms. The molecule has 0 aromatic carbocycles. The number of H-pyrrole nitrogens is 1. The Labute approximate surface area is 135 Å². The van der Waals surface area contributed by atoms with Crippen LogP contribution in [0.25, 0.3) is 0 Å². The lowest BCUT2D eigenvalue weighted by atomic mass is 10.2. The average molecular weight is 342 g/mol. The molecule has 1 fully saturated rings. The lowest BCUT2D eigenvalue weighted by Gasteiger charge is -2.36. The van der Waals surface area contributed by atoms with Gasteiger partial charge in [0, 0.05) is 51.5 Å². The van der Waals surface area contributed by atoms with E-state index in [0.29, 0.717) is 31.7 Å². The van der Waals surface area contributed by atoms with Crippen LogP contribution >= 0.6 is 0 Å². The van der Waals surface area contributed by atoms with Gasteiger partial charge < -0.3 is 9.88 Å². The molecule has 1 saturated heterocycles. The van der Waals surface area contributed by atoms with Crippen LogP contribution in [0.4, 0.5) is 0 Å². The second-order valence-electron chi connectivity index (χ2n) is 5.22. The highest BCUT2D eigenvalue weighted by Crippen LogP contribution is 2.13. The van der Waals surface area contributed by atoms with Gasteiger partial charge >= 0.3 is 0 Å². The number of aromatic amines is 1. The van der Waals surface area contributed by atoms with E-state index in [2.05, 4.69) is 4.98 Å². The van der Waals surface area contributed by atoms with E-state index >= 15 is 0 Å². The molecule has 2 heterocycles. The van der Waals surface area contributed by atoms with E-state index in [4.69, 9.17) is 0 Å². The second-order valence-corrected chi connectivity index (χ2v) is 7.15. The highest BCUT2D eigenvalue weighted by molar-refractivity contribution is 7.86. The molecule has 0 saturated carbocycles. The van der Waals surface area contributed by atoms with Crippen LogP contribution in [0.3, 0.4) is 0 Å². The Bertz CT molecular complexity index is 683. The third-order valence-electron chi connectivity index (χ3n) is 3.91. The number of aromatic nitrogens is 1. The molecule has 1 N–H and O–H groups in total. The van der Waals surface area contributed by atoms with Crippen LogP contribution in [0.15, 0.2) is 23.1 Å². The van der Waals surface area contributed by atoms with Crippen molar-refractivity contribution in [3.8, 4) is 0 Å². The molecule has 9 heteroatoms. The molecule has 1 aromatic heterocycles. The number of rotatable bonds is 5. The maximum Gasteiger partial charge on any atom is 0.282 e. The number of carbonyl (C=O) groups is 1. The van der Waals surface area contributed by atoms with Crippen LogP contribution in [-0.4, -0.2) is 72.1 Å². The largest absolute Gasteiger partial charge is 0.336 e. The summed E-state index contributed by atoms with van der Waals surface area (Å²) in [6.45, 7) is 5.66. The lowest BCUT2D eigenvalue weighted by molar-refractivity contribution is 0.0693. The van der Waals surface area contributed by atoms with Crippen molar-refractivity contribution < 1.29 is 13.2 Å². The van der Waals surface area contributed by atoms with E-state index in [1.807, 2.05) is 0 Å². The van der Waals surface area contributed by atoms with Crippen molar-refractivity contribution in [1.82, 2.24) is 18.5 Å². The van der Waals surface area contributed by atoms with Gasteiger partial charge in [-0.1, -0.05) is 13.8 Å². The fraction of sp³-hybridized carbons (Fsp3) is 0.571. The standard InChI is InChI=1S/C14H22N4O4S/c1-3-17(4-2)23(21,22)18-9-7-16(8-10-18)14(20)12-5-6-13(19)15-11-12/h5-6,11H,3-4,7-10H2,1-2H3,(H,15,19). The Morgan fingerprint density at radius 1 is 1.17 bits per heavy atom. The third-order valence-corrected chi connectivity index (χ3v) is 6.10. The van der Waals surface area contributed by atoms with Crippen molar-refractivity contribution in [2.75, 3.05) is 39.3 Å². The van der Waals surface area contributed by atoms with Gasteiger partial charge in [-0.15, -0.1) is 0 Å². The molecule has 2 rings (SSSR count).